The van der Waals surface area contributed by atoms with Crippen LogP contribution < -0.4 is 5.32 Å². The second-order valence-corrected chi connectivity index (χ2v) is 7.37. The van der Waals surface area contributed by atoms with Gasteiger partial charge in [-0.3, -0.25) is 0 Å². The molecule has 0 unspecified atom stereocenters. The molecule has 1 aliphatic rings. The number of aromatic nitrogens is 2. The highest BCUT2D eigenvalue weighted by atomic mass is 32.2. The molecule has 0 bridgehead atoms. The van der Waals surface area contributed by atoms with E-state index in [2.05, 4.69) is 15.5 Å². The van der Waals surface area contributed by atoms with Crippen LogP contribution in [-0.4, -0.2) is 37.9 Å². The van der Waals surface area contributed by atoms with E-state index in [0.717, 1.165) is 19.5 Å². The Morgan fingerprint density at radius 2 is 2.10 bits per heavy atom. The van der Waals surface area contributed by atoms with Crippen molar-refractivity contribution in [3.05, 3.63) is 41.5 Å². The van der Waals surface area contributed by atoms with Crippen molar-refractivity contribution in [2.45, 2.75) is 17.7 Å². The minimum Gasteiger partial charge on any atom is -0.339 e. The molecule has 1 aromatic carbocycles. The van der Waals surface area contributed by atoms with Crippen LogP contribution in [-0.2, 0) is 22.7 Å². The largest absolute Gasteiger partial charge is 0.339 e. The fraction of sp³-hybridized carbons (Fsp3) is 0.429. The maximum absolute atomic E-state index is 11.8. The summed E-state index contributed by atoms with van der Waals surface area (Å²) in [6.07, 6.45) is 2.33. The van der Waals surface area contributed by atoms with E-state index in [1.165, 1.54) is 6.26 Å². The van der Waals surface area contributed by atoms with Gasteiger partial charge in [0.1, 0.15) is 0 Å². The minimum atomic E-state index is -3.26. The molecule has 1 aromatic heterocycles. The Morgan fingerprint density at radius 1 is 1.33 bits per heavy atom. The summed E-state index contributed by atoms with van der Waals surface area (Å²) in [4.78, 5) is 4.66. The van der Waals surface area contributed by atoms with Gasteiger partial charge in [0.15, 0.2) is 15.7 Å². The molecule has 2 aromatic rings. The second kappa shape index (κ2) is 5.57. The van der Waals surface area contributed by atoms with Crippen molar-refractivity contribution in [2.24, 2.45) is 5.92 Å². The van der Waals surface area contributed by atoms with Gasteiger partial charge in [-0.2, -0.15) is 4.98 Å². The van der Waals surface area contributed by atoms with Crippen molar-refractivity contribution in [2.75, 3.05) is 19.3 Å². The molecule has 1 aliphatic heterocycles. The average Bonchev–Trinajstić information content (AvgIpc) is 2.81. The molecule has 1 N–H and O–H groups in total. The summed E-state index contributed by atoms with van der Waals surface area (Å²) in [5, 5.41) is 7.16. The fourth-order valence-corrected chi connectivity index (χ4v) is 3.31. The molecule has 21 heavy (non-hydrogen) atoms. The van der Waals surface area contributed by atoms with Crippen molar-refractivity contribution in [1.29, 1.82) is 0 Å². The third-order valence-corrected chi connectivity index (χ3v) is 4.76. The van der Waals surface area contributed by atoms with Crippen LogP contribution in [0.4, 0.5) is 0 Å². The minimum absolute atomic E-state index is 0.313. The molecule has 112 valence electrons. The number of sulfone groups is 1. The molecular formula is C14H17N3O3S. The zero-order chi connectivity index (χ0) is 14.9. The molecule has 0 spiro atoms. The van der Waals surface area contributed by atoms with Crippen LogP contribution in [0.1, 0.15) is 17.3 Å². The summed E-state index contributed by atoms with van der Waals surface area (Å²) in [7, 11) is -3.26. The summed E-state index contributed by atoms with van der Waals surface area (Å²) >= 11 is 0. The zero-order valence-corrected chi connectivity index (χ0v) is 12.6. The highest BCUT2D eigenvalue weighted by Crippen LogP contribution is 2.19. The number of hydrogen-bond acceptors (Lipinski definition) is 6. The first-order chi connectivity index (χ1) is 10.0. The lowest BCUT2D eigenvalue weighted by Crippen LogP contribution is -2.43. The van der Waals surface area contributed by atoms with Crippen molar-refractivity contribution in [3.8, 4) is 0 Å². The molecule has 0 radical (unpaired) electrons. The van der Waals surface area contributed by atoms with Crippen molar-refractivity contribution < 1.29 is 12.9 Å². The molecule has 1 saturated heterocycles. The smallest absolute Gasteiger partial charge is 0.231 e. The van der Waals surface area contributed by atoms with Gasteiger partial charge >= 0.3 is 0 Å². The third-order valence-electron chi connectivity index (χ3n) is 3.56. The molecule has 3 rings (SSSR count). The molecule has 0 saturated carbocycles. The Bertz CT molecular complexity index is 735. The van der Waals surface area contributed by atoms with Crippen molar-refractivity contribution in [1.82, 2.24) is 15.5 Å². The van der Waals surface area contributed by atoms with E-state index in [9.17, 15) is 8.42 Å². The summed E-state index contributed by atoms with van der Waals surface area (Å²) in [6, 6.07) is 6.89. The van der Waals surface area contributed by atoms with Crippen molar-refractivity contribution >= 4 is 9.84 Å². The molecule has 7 heteroatoms. The van der Waals surface area contributed by atoms with E-state index in [1.807, 2.05) is 0 Å². The summed E-state index contributed by atoms with van der Waals surface area (Å²) in [5.41, 5.74) is 0.681. The summed E-state index contributed by atoms with van der Waals surface area (Å²) in [5.74, 6) is 1.71. The van der Waals surface area contributed by atoms with Gasteiger partial charge in [0.25, 0.3) is 0 Å². The predicted molar refractivity (Wildman–Crippen MR) is 76.7 cm³/mol. The molecule has 6 nitrogen and oxygen atoms in total. The van der Waals surface area contributed by atoms with E-state index in [0.29, 0.717) is 34.5 Å². The summed E-state index contributed by atoms with van der Waals surface area (Å²) in [6.45, 7) is 1.97. The Balaban J connectivity index is 1.77. The van der Waals surface area contributed by atoms with Crippen LogP contribution in [0.3, 0.4) is 0 Å². The molecule has 0 amide bonds. The van der Waals surface area contributed by atoms with Gasteiger partial charge in [-0.15, -0.1) is 0 Å². The Hall–Kier alpha value is -1.73. The number of rotatable bonds is 5. The van der Waals surface area contributed by atoms with E-state index in [-0.39, 0.29) is 0 Å². The maximum atomic E-state index is 11.8. The van der Waals surface area contributed by atoms with Crippen LogP contribution in [0, 0.1) is 5.92 Å². The van der Waals surface area contributed by atoms with Gasteiger partial charge in [0, 0.05) is 12.7 Å². The molecule has 0 aliphatic carbocycles. The lowest BCUT2D eigenvalue weighted by molar-refractivity contribution is 0.330. The Morgan fingerprint density at radius 3 is 2.76 bits per heavy atom. The monoisotopic (exact) mass is 307 g/mol. The summed E-state index contributed by atoms with van der Waals surface area (Å²) < 4.78 is 28.8. The topological polar surface area (TPSA) is 85.1 Å². The third kappa shape index (κ3) is 3.30. The standard InChI is InChI=1S/C14H17N3O3S/c1-21(18,19)12-5-3-2-4-11(12)7-14-16-13(17-20-14)6-10-8-15-9-10/h2-5,10,15H,6-9H2,1H3. The van der Waals surface area contributed by atoms with E-state index in [4.69, 9.17) is 4.52 Å². The van der Waals surface area contributed by atoms with E-state index >= 15 is 0 Å². The number of nitrogens with zero attached hydrogens (tertiary/aromatic N) is 2. The lowest BCUT2D eigenvalue weighted by Gasteiger charge is -2.25. The fourth-order valence-electron chi connectivity index (χ4n) is 2.37. The average molecular weight is 307 g/mol. The first kappa shape index (κ1) is 14.2. The number of nitrogens with one attached hydrogen (secondary N) is 1. The quantitative estimate of drug-likeness (QED) is 0.880. The SMILES string of the molecule is CS(=O)(=O)c1ccccc1Cc1nc(CC2CNC2)no1. The van der Waals surface area contributed by atoms with E-state index < -0.39 is 9.84 Å². The molecule has 2 heterocycles. The van der Waals surface area contributed by atoms with Gasteiger partial charge in [-0.25, -0.2) is 8.42 Å². The maximum Gasteiger partial charge on any atom is 0.231 e. The van der Waals surface area contributed by atoms with Gasteiger partial charge in [-0.05, 0) is 30.6 Å². The van der Waals surface area contributed by atoms with Gasteiger partial charge in [0.05, 0.1) is 11.3 Å². The van der Waals surface area contributed by atoms with Gasteiger partial charge in [-0.1, -0.05) is 23.4 Å². The Labute approximate surface area is 123 Å². The van der Waals surface area contributed by atoms with Crippen LogP contribution in [0.15, 0.2) is 33.7 Å². The van der Waals surface area contributed by atoms with Crippen LogP contribution in [0.25, 0.3) is 0 Å². The highest BCUT2D eigenvalue weighted by Gasteiger charge is 2.20. The zero-order valence-electron chi connectivity index (χ0n) is 11.7. The molecule has 0 atom stereocenters. The van der Waals surface area contributed by atoms with Crippen LogP contribution in [0.2, 0.25) is 0 Å². The number of benzene rings is 1. The molecule has 1 fully saturated rings. The lowest BCUT2D eigenvalue weighted by atomic mass is 9.99. The van der Waals surface area contributed by atoms with Crippen LogP contribution >= 0.6 is 0 Å². The van der Waals surface area contributed by atoms with Crippen molar-refractivity contribution in [3.63, 3.8) is 0 Å². The highest BCUT2D eigenvalue weighted by molar-refractivity contribution is 7.90. The first-order valence-corrected chi connectivity index (χ1v) is 8.71. The normalized spacial score (nSPS) is 15.9. The molecular weight excluding hydrogens is 290 g/mol. The van der Waals surface area contributed by atoms with Gasteiger partial charge < -0.3 is 9.84 Å². The number of hydrogen-bond donors (Lipinski definition) is 1. The first-order valence-electron chi connectivity index (χ1n) is 6.82. The van der Waals surface area contributed by atoms with E-state index in [1.54, 1.807) is 24.3 Å². The van der Waals surface area contributed by atoms with Gasteiger partial charge in [0.2, 0.25) is 5.89 Å². The van der Waals surface area contributed by atoms with Crippen LogP contribution in [0.5, 0.6) is 0 Å². The second-order valence-electron chi connectivity index (χ2n) is 5.39. The predicted octanol–water partition coefficient (Wildman–Crippen LogP) is 0.826. The Kier molecular flexibility index (Phi) is 3.77.